The summed E-state index contributed by atoms with van der Waals surface area (Å²) in [5.41, 5.74) is 1.31. The molecular weight excluding hydrogens is 260 g/mol. The van der Waals surface area contributed by atoms with Crippen LogP contribution in [-0.4, -0.2) is 37.7 Å². The zero-order chi connectivity index (χ0) is 15.5. The van der Waals surface area contributed by atoms with E-state index in [0.29, 0.717) is 6.04 Å². The van der Waals surface area contributed by atoms with E-state index in [-0.39, 0.29) is 0 Å². The summed E-state index contributed by atoms with van der Waals surface area (Å²) in [6.45, 7) is 10.5. The van der Waals surface area contributed by atoms with Crippen molar-refractivity contribution in [2.75, 3.05) is 26.7 Å². The van der Waals surface area contributed by atoms with Crippen molar-refractivity contribution >= 4 is 0 Å². The number of nitrogens with zero attached hydrogens (tertiary/aromatic N) is 1. The lowest BCUT2D eigenvalue weighted by Crippen LogP contribution is -2.33. The second-order valence-electron chi connectivity index (χ2n) is 5.95. The van der Waals surface area contributed by atoms with Crippen molar-refractivity contribution in [3.63, 3.8) is 0 Å². The van der Waals surface area contributed by atoms with Crippen LogP contribution in [0.25, 0.3) is 0 Å². The lowest BCUT2D eigenvalue weighted by Gasteiger charge is -2.20. The Bertz CT molecular complexity index is 362. The highest BCUT2D eigenvalue weighted by atomic mass is 16.5. The Labute approximate surface area is 130 Å². The first-order chi connectivity index (χ1) is 10.1. The van der Waals surface area contributed by atoms with Gasteiger partial charge in [-0.3, -0.25) is 0 Å². The van der Waals surface area contributed by atoms with Gasteiger partial charge in [0.15, 0.2) is 0 Å². The Hall–Kier alpha value is -1.06. The molecule has 120 valence electrons. The van der Waals surface area contributed by atoms with Gasteiger partial charge in [0.05, 0.1) is 6.61 Å². The van der Waals surface area contributed by atoms with Crippen LogP contribution < -0.4 is 10.1 Å². The van der Waals surface area contributed by atoms with E-state index in [2.05, 4.69) is 62.3 Å². The van der Waals surface area contributed by atoms with Crippen molar-refractivity contribution in [1.29, 1.82) is 0 Å². The summed E-state index contributed by atoms with van der Waals surface area (Å²) in [4.78, 5) is 2.35. The number of likely N-dealkylation sites (N-methyl/N-ethyl adjacent to an activating group) is 1. The first kappa shape index (κ1) is 18.0. The number of hydrogen-bond acceptors (Lipinski definition) is 3. The Morgan fingerprint density at radius 3 is 2.48 bits per heavy atom. The highest BCUT2D eigenvalue weighted by molar-refractivity contribution is 5.27. The van der Waals surface area contributed by atoms with E-state index in [4.69, 9.17) is 4.74 Å². The van der Waals surface area contributed by atoms with E-state index in [1.165, 1.54) is 18.4 Å². The van der Waals surface area contributed by atoms with Gasteiger partial charge in [0.2, 0.25) is 0 Å². The molecule has 1 rings (SSSR count). The second kappa shape index (κ2) is 10.6. The van der Waals surface area contributed by atoms with Crippen LogP contribution >= 0.6 is 0 Å². The molecule has 0 bridgehead atoms. The molecule has 0 aliphatic carbocycles. The van der Waals surface area contributed by atoms with Gasteiger partial charge in [0, 0.05) is 25.7 Å². The lowest BCUT2D eigenvalue weighted by molar-refractivity contribution is 0.273. The van der Waals surface area contributed by atoms with E-state index < -0.39 is 0 Å². The molecule has 0 heterocycles. The highest BCUT2D eigenvalue weighted by Gasteiger charge is 2.01. The van der Waals surface area contributed by atoms with Gasteiger partial charge in [-0.25, -0.2) is 0 Å². The van der Waals surface area contributed by atoms with E-state index in [9.17, 15) is 0 Å². The summed E-state index contributed by atoms with van der Waals surface area (Å²) < 4.78 is 5.72. The molecule has 0 aromatic heterocycles. The van der Waals surface area contributed by atoms with E-state index in [0.717, 1.165) is 38.4 Å². The van der Waals surface area contributed by atoms with Gasteiger partial charge in [0.1, 0.15) is 5.75 Å². The largest absolute Gasteiger partial charge is 0.494 e. The van der Waals surface area contributed by atoms with Gasteiger partial charge < -0.3 is 15.0 Å². The van der Waals surface area contributed by atoms with Crippen molar-refractivity contribution in [2.24, 2.45) is 0 Å². The van der Waals surface area contributed by atoms with Gasteiger partial charge in [-0.2, -0.15) is 0 Å². The van der Waals surface area contributed by atoms with Crippen molar-refractivity contribution in [3.8, 4) is 5.75 Å². The molecule has 0 amide bonds. The predicted octanol–water partition coefficient (Wildman–Crippen LogP) is 3.69. The number of rotatable bonds is 11. The van der Waals surface area contributed by atoms with Crippen LogP contribution in [0.5, 0.6) is 5.75 Å². The quantitative estimate of drug-likeness (QED) is 0.630. The Morgan fingerprint density at radius 1 is 1.14 bits per heavy atom. The number of benzene rings is 1. The van der Waals surface area contributed by atoms with E-state index in [1.807, 2.05) is 0 Å². The summed E-state index contributed by atoms with van der Waals surface area (Å²) in [5, 5.41) is 3.48. The van der Waals surface area contributed by atoms with E-state index >= 15 is 0 Å². The minimum Gasteiger partial charge on any atom is -0.494 e. The third-order valence-corrected chi connectivity index (χ3v) is 3.79. The standard InChI is InChI=1S/C18H32N2O/c1-5-6-7-14-21-18-10-8-17(9-11-18)15-19-12-13-20(4)16(2)3/h8-11,16,19H,5-7,12-15H2,1-4H3. The topological polar surface area (TPSA) is 24.5 Å². The maximum atomic E-state index is 5.72. The fourth-order valence-corrected chi connectivity index (χ4v) is 1.99. The summed E-state index contributed by atoms with van der Waals surface area (Å²) in [6, 6.07) is 9.05. The number of hydrogen-bond donors (Lipinski definition) is 1. The molecule has 0 unspecified atom stereocenters. The van der Waals surface area contributed by atoms with Gasteiger partial charge in [-0.05, 0) is 45.0 Å². The Morgan fingerprint density at radius 2 is 1.86 bits per heavy atom. The SMILES string of the molecule is CCCCCOc1ccc(CNCCN(C)C(C)C)cc1. The predicted molar refractivity (Wildman–Crippen MR) is 90.9 cm³/mol. The monoisotopic (exact) mass is 292 g/mol. The molecule has 0 aliphatic rings. The Kier molecular flexibility index (Phi) is 9.11. The van der Waals surface area contributed by atoms with Crippen molar-refractivity contribution in [3.05, 3.63) is 29.8 Å². The van der Waals surface area contributed by atoms with Crippen molar-refractivity contribution in [1.82, 2.24) is 10.2 Å². The molecule has 3 nitrogen and oxygen atoms in total. The van der Waals surface area contributed by atoms with Crippen molar-refractivity contribution in [2.45, 2.75) is 52.6 Å². The average molecular weight is 292 g/mol. The summed E-state index contributed by atoms with van der Waals surface area (Å²) in [5.74, 6) is 0.981. The van der Waals surface area contributed by atoms with Gasteiger partial charge in [-0.1, -0.05) is 31.9 Å². The maximum absolute atomic E-state index is 5.72. The molecule has 0 saturated carbocycles. The van der Waals surface area contributed by atoms with E-state index in [1.54, 1.807) is 0 Å². The van der Waals surface area contributed by atoms with Gasteiger partial charge in [-0.15, -0.1) is 0 Å². The van der Waals surface area contributed by atoms with Crippen LogP contribution in [0.2, 0.25) is 0 Å². The summed E-state index contributed by atoms with van der Waals surface area (Å²) in [6.07, 6.45) is 3.62. The first-order valence-electron chi connectivity index (χ1n) is 8.26. The fraction of sp³-hybridized carbons (Fsp3) is 0.667. The maximum Gasteiger partial charge on any atom is 0.119 e. The van der Waals surface area contributed by atoms with Crippen LogP contribution in [-0.2, 0) is 6.54 Å². The summed E-state index contributed by atoms with van der Waals surface area (Å²) in [7, 11) is 2.16. The van der Waals surface area contributed by atoms with Gasteiger partial charge in [0.25, 0.3) is 0 Å². The zero-order valence-corrected chi connectivity index (χ0v) is 14.2. The number of unbranched alkanes of at least 4 members (excludes halogenated alkanes) is 2. The number of nitrogens with one attached hydrogen (secondary N) is 1. The molecule has 3 heteroatoms. The molecule has 0 radical (unpaired) electrons. The van der Waals surface area contributed by atoms with Crippen LogP contribution in [0.15, 0.2) is 24.3 Å². The highest BCUT2D eigenvalue weighted by Crippen LogP contribution is 2.12. The molecule has 1 aromatic carbocycles. The van der Waals surface area contributed by atoms with Crippen LogP contribution in [0.1, 0.15) is 45.6 Å². The molecule has 0 aliphatic heterocycles. The van der Waals surface area contributed by atoms with Crippen LogP contribution in [0.4, 0.5) is 0 Å². The van der Waals surface area contributed by atoms with Crippen LogP contribution in [0, 0.1) is 0 Å². The van der Waals surface area contributed by atoms with Crippen LogP contribution in [0.3, 0.4) is 0 Å². The lowest BCUT2D eigenvalue weighted by atomic mass is 10.2. The number of ether oxygens (including phenoxy) is 1. The summed E-state index contributed by atoms with van der Waals surface area (Å²) >= 11 is 0. The Balaban J connectivity index is 2.19. The minimum atomic E-state index is 0.607. The smallest absolute Gasteiger partial charge is 0.119 e. The molecule has 1 N–H and O–H groups in total. The average Bonchev–Trinajstić information content (AvgIpc) is 2.49. The molecular formula is C18H32N2O. The molecule has 0 spiro atoms. The molecule has 0 atom stereocenters. The molecule has 0 saturated heterocycles. The van der Waals surface area contributed by atoms with Crippen molar-refractivity contribution < 1.29 is 4.74 Å². The van der Waals surface area contributed by atoms with Gasteiger partial charge >= 0.3 is 0 Å². The second-order valence-corrected chi connectivity index (χ2v) is 5.95. The third-order valence-electron chi connectivity index (χ3n) is 3.79. The zero-order valence-electron chi connectivity index (χ0n) is 14.2. The normalized spacial score (nSPS) is 11.3. The molecule has 21 heavy (non-hydrogen) atoms. The molecule has 0 fully saturated rings. The third kappa shape index (κ3) is 8.08. The fourth-order valence-electron chi connectivity index (χ4n) is 1.99. The first-order valence-corrected chi connectivity index (χ1v) is 8.26. The minimum absolute atomic E-state index is 0.607. The molecule has 1 aromatic rings.